The van der Waals surface area contributed by atoms with E-state index in [2.05, 4.69) is 4.72 Å². The second kappa shape index (κ2) is 8.89. The van der Waals surface area contributed by atoms with Crippen molar-refractivity contribution in [2.75, 3.05) is 11.4 Å². The second-order valence-electron chi connectivity index (χ2n) is 8.22. The average molecular weight is 491 g/mol. The Morgan fingerprint density at radius 3 is 2.48 bits per heavy atom. The normalized spacial score (nSPS) is 16.3. The molecule has 0 saturated heterocycles. The minimum Gasteiger partial charge on any atom is -0.451 e. The van der Waals surface area contributed by atoms with Crippen molar-refractivity contribution in [1.29, 1.82) is 0 Å². The van der Waals surface area contributed by atoms with Crippen LogP contribution in [-0.2, 0) is 26.0 Å². The van der Waals surface area contributed by atoms with Crippen molar-refractivity contribution in [3.8, 4) is 0 Å². The molecule has 1 aliphatic heterocycles. The summed E-state index contributed by atoms with van der Waals surface area (Å²) in [4.78, 5) is 38.6. The molecule has 10 heteroatoms. The summed E-state index contributed by atoms with van der Waals surface area (Å²) in [5, 5.41) is -0.0124. The van der Waals surface area contributed by atoms with E-state index in [4.69, 9.17) is 16.3 Å². The van der Waals surface area contributed by atoms with E-state index in [1.807, 2.05) is 0 Å². The highest BCUT2D eigenvalue weighted by Crippen LogP contribution is 2.30. The first-order chi connectivity index (χ1) is 15.6. The lowest BCUT2D eigenvalue weighted by molar-refractivity contribution is -0.116. The van der Waals surface area contributed by atoms with Crippen molar-refractivity contribution in [2.45, 2.75) is 50.2 Å². The lowest BCUT2D eigenvalue weighted by Crippen LogP contribution is -2.27. The van der Waals surface area contributed by atoms with Crippen molar-refractivity contribution in [3.63, 3.8) is 0 Å². The number of amides is 1. The lowest BCUT2D eigenvalue weighted by atomic mass is 10.0. The van der Waals surface area contributed by atoms with Gasteiger partial charge in [0.2, 0.25) is 21.7 Å². The molecule has 0 aromatic heterocycles. The Morgan fingerprint density at radius 2 is 1.82 bits per heavy atom. The van der Waals surface area contributed by atoms with Gasteiger partial charge in [-0.15, -0.1) is 0 Å². The van der Waals surface area contributed by atoms with Gasteiger partial charge in [-0.1, -0.05) is 11.6 Å². The Bertz CT molecular complexity index is 1260. The summed E-state index contributed by atoms with van der Waals surface area (Å²) in [5.41, 5.74) is 2.00. The number of carbonyl (C=O) groups excluding carboxylic acids is 3. The Morgan fingerprint density at radius 1 is 1.12 bits per heavy atom. The summed E-state index contributed by atoms with van der Waals surface area (Å²) in [7, 11) is -3.87. The zero-order valence-corrected chi connectivity index (χ0v) is 19.7. The molecule has 2 aliphatic rings. The van der Waals surface area contributed by atoms with E-state index in [1.165, 1.54) is 26.0 Å². The van der Waals surface area contributed by atoms with E-state index in [9.17, 15) is 22.8 Å². The van der Waals surface area contributed by atoms with Crippen LogP contribution in [0, 0.1) is 0 Å². The van der Waals surface area contributed by atoms with Crippen molar-refractivity contribution in [3.05, 3.63) is 58.1 Å². The lowest BCUT2D eigenvalue weighted by Gasteiger charge is -2.16. The molecule has 1 saturated carbocycles. The Kier molecular flexibility index (Phi) is 6.30. The number of esters is 1. The van der Waals surface area contributed by atoms with Gasteiger partial charge < -0.3 is 9.64 Å². The van der Waals surface area contributed by atoms with Crippen LogP contribution in [0.3, 0.4) is 0 Å². The Labute approximate surface area is 196 Å². The highest BCUT2D eigenvalue weighted by Gasteiger charge is 2.30. The minimum absolute atomic E-state index is 0.0124. The van der Waals surface area contributed by atoms with Crippen molar-refractivity contribution in [2.24, 2.45) is 0 Å². The number of hydrogen-bond acceptors (Lipinski definition) is 6. The van der Waals surface area contributed by atoms with Gasteiger partial charge in [-0.25, -0.2) is 17.9 Å². The third kappa shape index (κ3) is 4.95. The Hall–Kier alpha value is -2.75. The minimum atomic E-state index is -3.87. The number of anilines is 1. The Balaban J connectivity index is 1.48. The fraction of sp³-hybridized carbons (Fsp3) is 0.348. The summed E-state index contributed by atoms with van der Waals surface area (Å²) in [6, 6.07) is 8.73. The molecule has 0 radical (unpaired) electrons. The number of halogens is 1. The molecule has 2 aromatic rings. The first kappa shape index (κ1) is 23.4. The molecule has 0 spiro atoms. The number of ether oxygens (including phenoxy) is 1. The highest BCUT2D eigenvalue weighted by atomic mass is 35.5. The molecule has 0 bridgehead atoms. The fourth-order valence-corrected chi connectivity index (χ4v) is 5.55. The van der Waals surface area contributed by atoms with Crippen LogP contribution in [-0.4, -0.2) is 44.8 Å². The molecule has 1 atom stereocenters. The maximum absolute atomic E-state index is 12.9. The summed E-state index contributed by atoms with van der Waals surface area (Å²) in [5.74, 6) is -1.30. The molecule has 1 aliphatic carbocycles. The van der Waals surface area contributed by atoms with Gasteiger partial charge in [-0.05, 0) is 68.1 Å². The number of sulfonamides is 1. The molecule has 1 N–H and O–H groups in total. The van der Waals surface area contributed by atoms with E-state index in [1.54, 1.807) is 23.1 Å². The third-order valence-electron chi connectivity index (χ3n) is 5.65. The van der Waals surface area contributed by atoms with Crippen molar-refractivity contribution in [1.82, 2.24) is 4.72 Å². The summed E-state index contributed by atoms with van der Waals surface area (Å²) in [6.45, 7) is 3.51. The summed E-state index contributed by atoms with van der Waals surface area (Å²) in [6.07, 6.45) is 1.06. The monoisotopic (exact) mass is 490 g/mol. The molecule has 8 nitrogen and oxygen atoms in total. The van der Waals surface area contributed by atoms with Crippen LogP contribution in [0.15, 0.2) is 41.3 Å². The molecule has 4 rings (SSSR count). The van der Waals surface area contributed by atoms with E-state index in [0.717, 1.165) is 30.2 Å². The first-order valence-electron chi connectivity index (χ1n) is 10.5. The first-order valence-corrected chi connectivity index (χ1v) is 12.4. The van der Waals surface area contributed by atoms with Gasteiger partial charge >= 0.3 is 5.97 Å². The SMILES string of the molecule is CC(=O)N1CCc2cc(C(=O)[C@H](C)OC(=O)c3ccc(Cl)c(S(=O)(=O)NC4CC4)c3)ccc21. The number of ketones is 1. The quantitative estimate of drug-likeness (QED) is 0.471. The topological polar surface area (TPSA) is 110 Å². The highest BCUT2D eigenvalue weighted by molar-refractivity contribution is 7.89. The van der Waals surface area contributed by atoms with E-state index in [-0.39, 0.29) is 27.4 Å². The van der Waals surface area contributed by atoms with Gasteiger partial charge in [-0.3, -0.25) is 9.59 Å². The largest absolute Gasteiger partial charge is 0.451 e. The molecular weight excluding hydrogens is 468 g/mol. The number of carbonyl (C=O) groups is 3. The molecule has 2 aromatic carbocycles. The van der Waals surface area contributed by atoms with Crippen LogP contribution >= 0.6 is 11.6 Å². The predicted octanol–water partition coefficient (Wildman–Crippen LogP) is 3.12. The molecule has 33 heavy (non-hydrogen) atoms. The second-order valence-corrected chi connectivity index (χ2v) is 10.3. The van der Waals surface area contributed by atoms with Crippen LogP contribution in [0.5, 0.6) is 0 Å². The van der Waals surface area contributed by atoms with Crippen LogP contribution in [0.2, 0.25) is 5.02 Å². The summed E-state index contributed by atoms with van der Waals surface area (Å²) >= 11 is 6.05. The van der Waals surface area contributed by atoms with Crippen LogP contribution < -0.4 is 9.62 Å². The summed E-state index contributed by atoms with van der Waals surface area (Å²) < 4.78 is 32.9. The molecule has 0 unspecified atom stereocenters. The maximum atomic E-state index is 12.9. The number of hydrogen-bond donors (Lipinski definition) is 1. The van der Waals surface area contributed by atoms with E-state index in [0.29, 0.717) is 18.5 Å². The maximum Gasteiger partial charge on any atom is 0.338 e. The van der Waals surface area contributed by atoms with Crippen LogP contribution in [0.4, 0.5) is 5.69 Å². The molecule has 1 fully saturated rings. The van der Waals surface area contributed by atoms with Gasteiger partial charge in [0.15, 0.2) is 6.10 Å². The van der Waals surface area contributed by atoms with Crippen molar-refractivity contribution < 1.29 is 27.5 Å². The fourth-order valence-electron chi connectivity index (χ4n) is 3.72. The zero-order valence-electron chi connectivity index (χ0n) is 18.1. The average Bonchev–Trinajstić information content (AvgIpc) is 3.46. The molecule has 174 valence electrons. The van der Waals surface area contributed by atoms with E-state index < -0.39 is 27.9 Å². The number of benzene rings is 2. The predicted molar refractivity (Wildman–Crippen MR) is 122 cm³/mol. The zero-order chi connectivity index (χ0) is 23.9. The van der Waals surface area contributed by atoms with Gasteiger partial charge in [-0.2, -0.15) is 0 Å². The molecular formula is C23H23ClN2O6S. The molecule has 1 amide bonds. The van der Waals surface area contributed by atoms with E-state index >= 15 is 0 Å². The number of nitrogens with zero attached hydrogens (tertiary/aromatic N) is 1. The number of fused-ring (bicyclic) bond motifs is 1. The standard InChI is InChI=1S/C23H23ClN2O6S/c1-13(22(28)16-4-8-20-15(11-16)9-10-26(20)14(2)27)32-23(29)17-3-7-19(24)21(12-17)33(30,31)25-18-5-6-18/h3-4,7-8,11-13,18,25H,5-6,9-10H2,1-2H3/t13-/m0/s1. The number of Topliss-reactive ketones (excluding diaryl/α,β-unsaturated/α-hetero) is 1. The van der Waals surface area contributed by atoms with Gasteiger partial charge in [0.05, 0.1) is 10.6 Å². The van der Waals surface area contributed by atoms with Gasteiger partial charge in [0.25, 0.3) is 0 Å². The van der Waals surface area contributed by atoms with Crippen LogP contribution in [0.25, 0.3) is 0 Å². The van der Waals surface area contributed by atoms with Gasteiger partial charge in [0, 0.05) is 30.8 Å². The van der Waals surface area contributed by atoms with Gasteiger partial charge in [0.1, 0.15) is 4.90 Å². The number of rotatable bonds is 7. The third-order valence-corrected chi connectivity index (χ3v) is 7.65. The smallest absolute Gasteiger partial charge is 0.338 e. The van der Waals surface area contributed by atoms with Crippen molar-refractivity contribution >= 4 is 45.0 Å². The molecule has 1 heterocycles. The van der Waals surface area contributed by atoms with Crippen LogP contribution in [0.1, 0.15) is 53.0 Å². The number of nitrogens with one attached hydrogen (secondary N) is 1.